The second-order valence-corrected chi connectivity index (χ2v) is 5.47. The van der Waals surface area contributed by atoms with E-state index in [-0.39, 0.29) is 19.0 Å². The van der Waals surface area contributed by atoms with Crippen LogP contribution >= 0.6 is 0 Å². The summed E-state index contributed by atoms with van der Waals surface area (Å²) >= 11 is 0. The summed E-state index contributed by atoms with van der Waals surface area (Å²) in [5.74, 6) is -1.09. The van der Waals surface area contributed by atoms with Crippen LogP contribution in [-0.2, 0) is 14.3 Å². The Labute approximate surface area is 107 Å². The van der Waals surface area contributed by atoms with Gasteiger partial charge in [-0.2, -0.15) is 0 Å². The fraction of sp³-hybridized carbons (Fsp3) is 0.833. The summed E-state index contributed by atoms with van der Waals surface area (Å²) in [6.45, 7) is 4.67. The van der Waals surface area contributed by atoms with Crippen LogP contribution in [-0.4, -0.2) is 43.3 Å². The Balaban J connectivity index is 2.64. The number of aliphatic carboxylic acids is 1. The lowest BCUT2D eigenvalue weighted by Gasteiger charge is -2.34. The number of hydrogen-bond donors (Lipinski definition) is 3. The smallest absolute Gasteiger partial charge is 0.311 e. The molecule has 0 unspecified atom stereocenters. The summed E-state index contributed by atoms with van der Waals surface area (Å²) in [5.41, 5.74) is 3.93. The first-order chi connectivity index (χ1) is 8.34. The van der Waals surface area contributed by atoms with Gasteiger partial charge in [0.2, 0.25) is 5.91 Å². The van der Waals surface area contributed by atoms with E-state index in [1.807, 2.05) is 0 Å². The molecule has 1 amide bonds. The predicted octanol–water partition coefficient (Wildman–Crippen LogP) is -0.0311. The monoisotopic (exact) mass is 258 g/mol. The minimum atomic E-state index is -0.904. The van der Waals surface area contributed by atoms with Crippen LogP contribution in [0.1, 0.15) is 26.7 Å². The quantitative estimate of drug-likeness (QED) is 0.642. The van der Waals surface area contributed by atoms with Crippen molar-refractivity contribution in [3.63, 3.8) is 0 Å². The highest BCUT2D eigenvalue weighted by atomic mass is 16.5. The van der Waals surface area contributed by atoms with Crippen molar-refractivity contribution in [1.82, 2.24) is 5.32 Å². The second kappa shape index (κ2) is 5.67. The molecule has 0 spiro atoms. The zero-order valence-corrected chi connectivity index (χ0v) is 11.0. The Morgan fingerprint density at radius 3 is 2.39 bits per heavy atom. The average molecular weight is 258 g/mol. The maximum absolute atomic E-state index is 11.9. The fourth-order valence-corrected chi connectivity index (χ4v) is 1.81. The van der Waals surface area contributed by atoms with E-state index < -0.39 is 16.8 Å². The van der Waals surface area contributed by atoms with Crippen molar-refractivity contribution in [3.05, 3.63) is 0 Å². The van der Waals surface area contributed by atoms with Gasteiger partial charge in [0, 0.05) is 26.3 Å². The first kappa shape index (κ1) is 14.9. The summed E-state index contributed by atoms with van der Waals surface area (Å²) in [6.07, 6.45) is 0.845. The van der Waals surface area contributed by atoms with Crippen LogP contribution in [0.5, 0.6) is 0 Å². The molecule has 6 nitrogen and oxygen atoms in total. The van der Waals surface area contributed by atoms with Gasteiger partial charge in [0.1, 0.15) is 0 Å². The third-order valence-electron chi connectivity index (χ3n) is 3.62. The van der Waals surface area contributed by atoms with Crippen LogP contribution in [0.2, 0.25) is 0 Å². The number of carboxylic acids is 1. The van der Waals surface area contributed by atoms with Crippen molar-refractivity contribution in [2.45, 2.75) is 26.7 Å². The normalized spacial score (nSPS) is 19.3. The van der Waals surface area contributed by atoms with Crippen LogP contribution in [0.25, 0.3) is 0 Å². The second-order valence-electron chi connectivity index (χ2n) is 5.47. The zero-order valence-electron chi connectivity index (χ0n) is 11.0. The summed E-state index contributed by atoms with van der Waals surface area (Å²) in [6, 6.07) is 0. The van der Waals surface area contributed by atoms with Gasteiger partial charge in [0.25, 0.3) is 0 Å². The summed E-state index contributed by atoms with van der Waals surface area (Å²) in [7, 11) is 0. The van der Waals surface area contributed by atoms with Gasteiger partial charge in [-0.1, -0.05) is 0 Å². The van der Waals surface area contributed by atoms with E-state index in [1.165, 1.54) is 0 Å². The molecular formula is C12H22N2O4. The van der Waals surface area contributed by atoms with Crippen LogP contribution in [0, 0.1) is 10.8 Å². The van der Waals surface area contributed by atoms with E-state index in [0.717, 1.165) is 0 Å². The first-order valence-electron chi connectivity index (χ1n) is 6.14. The number of rotatable bonds is 5. The number of ether oxygens (including phenoxy) is 1. The van der Waals surface area contributed by atoms with E-state index in [0.29, 0.717) is 26.1 Å². The Kier molecular flexibility index (Phi) is 4.70. The third-order valence-corrected chi connectivity index (χ3v) is 3.62. The number of amides is 1. The molecule has 0 radical (unpaired) electrons. The van der Waals surface area contributed by atoms with Gasteiger partial charge in [-0.05, 0) is 26.7 Å². The maximum atomic E-state index is 11.9. The lowest BCUT2D eigenvalue weighted by atomic mass is 9.80. The van der Waals surface area contributed by atoms with Crippen LogP contribution < -0.4 is 11.1 Å². The van der Waals surface area contributed by atoms with Gasteiger partial charge in [-0.15, -0.1) is 0 Å². The summed E-state index contributed by atoms with van der Waals surface area (Å²) in [5, 5.41) is 12.0. The van der Waals surface area contributed by atoms with E-state index in [1.54, 1.807) is 13.8 Å². The molecule has 1 fully saturated rings. The van der Waals surface area contributed by atoms with Crippen molar-refractivity contribution in [3.8, 4) is 0 Å². The molecule has 1 aliphatic rings. The lowest BCUT2D eigenvalue weighted by molar-refractivity contribution is -0.155. The molecule has 0 aromatic carbocycles. The minimum Gasteiger partial charge on any atom is -0.481 e. The van der Waals surface area contributed by atoms with Crippen LogP contribution in [0.4, 0.5) is 0 Å². The van der Waals surface area contributed by atoms with Crippen molar-refractivity contribution in [1.29, 1.82) is 0 Å². The van der Waals surface area contributed by atoms with E-state index in [9.17, 15) is 14.7 Å². The predicted molar refractivity (Wildman–Crippen MR) is 66.0 cm³/mol. The molecule has 104 valence electrons. The molecule has 1 aliphatic heterocycles. The number of nitrogens with two attached hydrogens (primary N) is 1. The molecule has 0 aliphatic carbocycles. The summed E-state index contributed by atoms with van der Waals surface area (Å²) in [4.78, 5) is 23.3. The molecule has 18 heavy (non-hydrogen) atoms. The zero-order chi connectivity index (χ0) is 13.8. The standard InChI is InChI=1S/C12H22N2O4/c1-11(2,7-13)9(15)14-8-12(10(16)17)3-5-18-6-4-12/h3-8,13H2,1-2H3,(H,14,15)(H,16,17). The van der Waals surface area contributed by atoms with Crippen molar-refractivity contribution in [2.24, 2.45) is 16.6 Å². The molecule has 0 atom stereocenters. The molecule has 6 heteroatoms. The molecular weight excluding hydrogens is 236 g/mol. The molecule has 1 heterocycles. The van der Waals surface area contributed by atoms with Crippen LogP contribution in [0.15, 0.2) is 0 Å². The van der Waals surface area contributed by atoms with E-state index in [2.05, 4.69) is 5.32 Å². The van der Waals surface area contributed by atoms with Gasteiger partial charge in [0.05, 0.1) is 10.8 Å². The van der Waals surface area contributed by atoms with Crippen molar-refractivity contribution in [2.75, 3.05) is 26.3 Å². The number of hydrogen-bond acceptors (Lipinski definition) is 4. The third kappa shape index (κ3) is 3.20. The maximum Gasteiger partial charge on any atom is 0.311 e. The van der Waals surface area contributed by atoms with Gasteiger partial charge in [0.15, 0.2) is 0 Å². The minimum absolute atomic E-state index is 0.133. The molecule has 1 rings (SSSR count). The highest BCUT2D eigenvalue weighted by molar-refractivity contribution is 5.83. The fourth-order valence-electron chi connectivity index (χ4n) is 1.81. The molecule has 0 bridgehead atoms. The Hall–Kier alpha value is -1.14. The first-order valence-corrected chi connectivity index (χ1v) is 6.14. The Morgan fingerprint density at radius 2 is 1.94 bits per heavy atom. The Bertz CT molecular complexity index is 322. The van der Waals surface area contributed by atoms with Crippen molar-refractivity contribution < 1.29 is 19.4 Å². The number of carbonyl (C=O) groups is 2. The molecule has 0 aromatic heterocycles. The SMILES string of the molecule is CC(C)(CN)C(=O)NCC1(C(=O)O)CCOCC1. The number of carbonyl (C=O) groups excluding carboxylic acids is 1. The van der Waals surface area contributed by atoms with Gasteiger partial charge in [-0.25, -0.2) is 0 Å². The molecule has 0 saturated carbocycles. The highest BCUT2D eigenvalue weighted by Gasteiger charge is 2.41. The summed E-state index contributed by atoms with van der Waals surface area (Å²) < 4.78 is 5.17. The van der Waals surface area contributed by atoms with E-state index in [4.69, 9.17) is 10.5 Å². The van der Waals surface area contributed by atoms with Crippen LogP contribution in [0.3, 0.4) is 0 Å². The largest absolute Gasteiger partial charge is 0.481 e. The van der Waals surface area contributed by atoms with E-state index >= 15 is 0 Å². The number of carboxylic acid groups (broad SMARTS) is 1. The Morgan fingerprint density at radius 1 is 1.39 bits per heavy atom. The highest BCUT2D eigenvalue weighted by Crippen LogP contribution is 2.30. The van der Waals surface area contributed by atoms with Gasteiger partial charge < -0.3 is 20.9 Å². The average Bonchev–Trinajstić information content (AvgIpc) is 2.36. The molecule has 0 aromatic rings. The topological polar surface area (TPSA) is 102 Å². The lowest BCUT2D eigenvalue weighted by Crippen LogP contribution is -2.50. The molecule has 1 saturated heterocycles. The molecule has 4 N–H and O–H groups in total. The van der Waals surface area contributed by atoms with Crippen molar-refractivity contribution >= 4 is 11.9 Å². The number of nitrogens with one attached hydrogen (secondary N) is 1. The van der Waals surface area contributed by atoms with Gasteiger partial charge in [-0.3, -0.25) is 9.59 Å². The van der Waals surface area contributed by atoms with Gasteiger partial charge >= 0.3 is 5.97 Å².